The smallest absolute Gasteiger partial charge is 0.303 e. The van der Waals surface area contributed by atoms with Gasteiger partial charge in [0.05, 0.1) is 6.42 Å². The molecule has 1 saturated carbocycles. The lowest BCUT2D eigenvalue weighted by Gasteiger charge is -2.19. The van der Waals surface area contributed by atoms with Crippen LogP contribution in [-0.4, -0.2) is 21.3 Å². The van der Waals surface area contributed by atoms with Gasteiger partial charge < -0.3 is 9.52 Å². The Morgan fingerprint density at radius 3 is 2.58 bits per heavy atom. The second kappa shape index (κ2) is 5.72. The van der Waals surface area contributed by atoms with E-state index in [1.807, 2.05) is 13.8 Å². The number of hydrogen-bond acceptors (Lipinski definition) is 4. The lowest BCUT2D eigenvalue weighted by molar-refractivity contribution is -0.139. The van der Waals surface area contributed by atoms with Crippen LogP contribution in [0.4, 0.5) is 0 Å². The Morgan fingerprint density at radius 1 is 1.32 bits per heavy atom. The Balaban J connectivity index is 1.91. The molecule has 0 radical (unpaired) electrons. The number of rotatable bonds is 6. The highest BCUT2D eigenvalue weighted by atomic mass is 16.4. The standard InChI is InChI=1S/C14H22N2O3/c1-14(2,9-13(17)18)8-12-16-15-11(19-12)7-10-5-3-4-6-10/h10H,3-9H2,1-2H3,(H,17,18). The molecule has 0 aromatic carbocycles. The first-order chi connectivity index (χ1) is 8.94. The van der Waals surface area contributed by atoms with Crippen molar-refractivity contribution in [2.45, 2.75) is 58.8 Å². The Morgan fingerprint density at radius 2 is 1.95 bits per heavy atom. The largest absolute Gasteiger partial charge is 0.481 e. The van der Waals surface area contributed by atoms with E-state index in [0.29, 0.717) is 24.1 Å². The zero-order chi connectivity index (χ0) is 13.9. The number of aliphatic carboxylic acids is 1. The quantitative estimate of drug-likeness (QED) is 0.856. The zero-order valence-electron chi connectivity index (χ0n) is 11.7. The Kier molecular flexibility index (Phi) is 4.22. The highest BCUT2D eigenvalue weighted by Crippen LogP contribution is 2.29. The number of carboxylic acid groups (broad SMARTS) is 1. The summed E-state index contributed by atoms with van der Waals surface area (Å²) in [7, 11) is 0. The van der Waals surface area contributed by atoms with Gasteiger partial charge >= 0.3 is 5.97 Å². The van der Waals surface area contributed by atoms with Crippen LogP contribution in [0.15, 0.2) is 4.42 Å². The predicted octanol–water partition coefficient (Wildman–Crippen LogP) is 2.85. The van der Waals surface area contributed by atoms with Gasteiger partial charge in [0.2, 0.25) is 11.8 Å². The van der Waals surface area contributed by atoms with Crippen LogP contribution < -0.4 is 0 Å². The fourth-order valence-corrected chi connectivity index (χ4v) is 2.78. The van der Waals surface area contributed by atoms with Gasteiger partial charge in [-0.3, -0.25) is 4.79 Å². The molecule has 19 heavy (non-hydrogen) atoms. The molecule has 2 rings (SSSR count). The fourth-order valence-electron chi connectivity index (χ4n) is 2.78. The molecule has 0 atom stereocenters. The molecular formula is C14H22N2O3. The van der Waals surface area contributed by atoms with Crippen molar-refractivity contribution in [1.82, 2.24) is 10.2 Å². The molecule has 5 nitrogen and oxygen atoms in total. The number of nitrogens with zero attached hydrogens (tertiary/aromatic N) is 2. The second-order valence-corrected chi connectivity index (χ2v) is 6.36. The summed E-state index contributed by atoms with van der Waals surface area (Å²) in [4.78, 5) is 10.8. The first-order valence-corrected chi connectivity index (χ1v) is 6.98. The van der Waals surface area contributed by atoms with Gasteiger partial charge in [0, 0.05) is 12.8 Å². The van der Waals surface area contributed by atoms with Crippen molar-refractivity contribution in [3.8, 4) is 0 Å². The summed E-state index contributed by atoms with van der Waals surface area (Å²) >= 11 is 0. The third kappa shape index (κ3) is 4.33. The van der Waals surface area contributed by atoms with Gasteiger partial charge in [-0.2, -0.15) is 0 Å². The molecular weight excluding hydrogens is 244 g/mol. The maximum Gasteiger partial charge on any atom is 0.303 e. The molecule has 0 aliphatic heterocycles. The molecule has 1 N–H and O–H groups in total. The van der Waals surface area contributed by atoms with Gasteiger partial charge in [0.15, 0.2) is 0 Å². The van der Waals surface area contributed by atoms with Crippen molar-refractivity contribution in [2.24, 2.45) is 11.3 Å². The molecule has 1 fully saturated rings. The molecule has 1 heterocycles. The number of carboxylic acids is 1. The normalized spacial score (nSPS) is 16.9. The summed E-state index contributed by atoms with van der Waals surface area (Å²) in [6, 6.07) is 0. The zero-order valence-corrected chi connectivity index (χ0v) is 11.7. The van der Waals surface area contributed by atoms with Crippen LogP contribution in [0.25, 0.3) is 0 Å². The van der Waals surface area contributed by atoms with Gasteiger partial charge in [-0.1, -0.05) is 26.7 Å². The van der Waals surface area contributed by atoms with Crippen molar-refractivity contribution in [3.05, 3.63) is 11.8 Å². The third-order valence-corrected chi connectivity index (χ3v) is 3.71. The van der Waals surface area contributed by atoms with E-state index >= 15 is 0 Å². The van der Waals surface area contributed by atoms with E-state index in [-0.39, 0.29) is 11.8 Å². The Bertz CT molecular complexity index is 434. The van der Waals surface area contributed by atoms with Crippen molar-refractivity contribution >= 4 is 5.97 Å². The molecule has 1 aliphatic carbocycles. The lowest BCUT2D eigenvalue weighted by atomic mass is 9.86. The summed E-state index contributed by atoms with van der Waals surface area (Å²) in [6.07, 6.45) is 6.59. The minimum atomic E-state index is -0.796. The Labute approximate surface area is 113 Å². The summed E-state index contributed by atoms with van der Waals surface area (Å²) in [5.74, 6) is 1.14. The maximum absolute atomic E-state index is 10.8. The molecule has 0 bridgehead atoms. The van der Waals surface area contributed by atoms with Crippen LogP contribution >= 0.6 is 0 Å². The van der Waals surface area contributed by atoms with E-state index in [9.17, 15) is 4.79 Å². The highest BCUT2D eigenvalue weighted by molar-refractivity contribution is 5.67. The minimum absolute atomic E-state index is 0.105. The molecule has 1 aliphatic rings. The monoisotopic (exact) mass is 266 g/mol. The van der Waals surface area contributed by atoms with E-state index in [4.69, 9.17) is 9.52 Å². The maximum atomic E-state index is 10.8. The van der Waals surface area contributed by atoms with Crippen molar-refractivity contribution in [3.63, 3.8) is 0 Å². The topological polar surface area (TPSA) is 76.2 Å². The molecule has 0 unspecified atom stereocenters. The van der Waals surface area contributed by atoms with E-state index < -0.39 is 5.97 Å². The predicted molar refractivity (Wildman–Crippen MR) is 69.7 cm³/mol. The van der Waals surface area contributed by atoms with E-state index in [1.165, 1.54) is 25.7 Å². The van der Waals surface area contributed by atoms with Crippen LogP contribution in [0.5, 0.6) is 0 Å². The van der Waals surface area contributed by atoms with Crippen molar-refractivity contribution in [1.29, 1.82) is 0 Å². The summed E-state index contributed by atoms with van der Waals surface area (Å²) < 4.78 is 5.65. The summed E-state index contributed by atoms with van der Waals surface area (Å²) in [5.41, 5.74) is -0.358. The molecule has 1 aromatic heterocycles. The number of carbonyl (C=O) groups is 1. The molecule has 106 valence electrons. The lowest BCUT2D eigenvalue weighted by Crippen LogP contribution is -2.19. The molecule has 5 heteroatoms. The second-order valence-electron chi connectivity index (χ2n) is 6.36. The molecule has 0 saturated heterocycles. The van der Waals surface area contributed by atoms with Crippen LogP contribution in [0, 0.1) is 11.3 Å². The van der Waals surface area contributed by atoms with Gasteiger partial charge in [0.25, 0.3) is 0 Å². The summed E-state index contributed by atoms with van der Waals surface area (Å²) in [5, 5.41) is 17.0. The number of hydrogen-bond donors (Lipinski definition) is 1. The average Bonchev–Trinajstić information content (AvgIpc) is 2.88. The molecule has 0 spiro atoms. The first kappa shape index (κ1) is 14.0. The Hall–Kier alpha value is -1.39. The van der Waals surface area contributed by atoms with Gasteiger partial charge in [-0.15, -0.1) is 10.2 Å². The summed E-state index contributed by atoms with van der Waals surface area (Å²) in [6.45, 7) is 3.81. The SMILES string of the molecule is CC(C)(CC(=O)O)Cc1nnc(CC2CCCC2)o1. The van der Waals surface area contributed by atoms with E-state index in [1.54, 1.807) is 0 Å². The van der Waals surface area contributed by atoms with E-state index in [2.05, 4.69) is 10.2 Å². The van der Waals surface area contributed by atoms with E-state index in [0.717, 1.165) is 6.42 Å². The molecule has 1 aromatic rings. The van der Waals surface area contributed by atoms with Crippen LogP contribution in [0.2, 0.25) is 0 Å². The number of aromatic nitrogens is 2. The van der Waals surface area contributed by atoms with Crippen LogP contribution in [0.3, 0.4) is 0 Å². The van der Waals surface area contributed by atoms with Crippen LogP contribution in [0.1, 0.15) is 57.7 Å². The third-order valence-electron chi connectivity index (χ3n) is 3.71. The average molecular weight is 266 g/mol. The van der Waals surface area contributed by atoms with Gasteiger partial charge in [0.1, 0.15) is 0 Å². The van der Waals surface area contributed by atoms with Crippen molar-refractivity contribution in [2.75, 3.05) is 0 Å². The highest BCUT2D eigenvalue weighted by Gasteiger charge is 2.26. The van der Waals surface area contributed by atoms with Crippen LogP contribution in [-0.2, 0) is 17.6 Å². The first-order valence-electron chi connectivity index (χ1n) is 6.98. The van der Waals surface area contributed by atoms with Crippen molar-refractivity contribution < 1.29 is 14.3 Å². The van der Waals surface area contributed by atoms with Gasteiger partial charge in [-0.05, 0) is 24.2 Å². The minimum Gasteiger partial charge on any atom is -0.481 e. The van der Waals surface area contributed by atoms with Gasteiger partial charge in [-0.25, -0.2) is 0 Å². The fraction of sp³-hybridized carbons (Fsp3) is 0.786. The molecule has 0 amide bonds.